The van der Waals surface area contributed by atoms with Crippen LogP contribution in [0.3, 0.4) is 0 Å². The van der Waals surface area contributed by atoms with E-state index < -0.39 is 0 Å². The summed E-state index contributed by atoms with van der Waals surface area (Å²) in [6, 6.07) is 5.53. The topological polar surface area (TPSA) is 67.7 Å². The zero-order chi connectivity index (χ0) is 14.1. The van der Waals surface area contributed by atoms with E-state index in [4.69, 9.17) is 22.7 Å². The Kier molecular flexibility index (Phi) is 3.49. The molecule has 0 saturated carbocycles. The Labute approximate surface area is 123 Å². The van der Waals surface area contributed by atoms with Crippen LogP contribution in [0.15, 0.2) is 24.5 Å². The summed E-state index contributed by atoms with van der Waals surface area (Å²) in [7, 11) is 0. The summed E-state index contributed by atoms with van der Waals surface area (Å²) >= 11 is 6.29. The number of fused-ring (bicyclic) bond motifs is 1. The lowest BCUT2D eigenvalue weighted by atomic mass is 10.0. The van der Waals surface area contributed by atoms with Crippen LogP contribution < -0.4 is 5.73 Å². The van der Waals surface area contributed by atoms with Crippen LogP contribution in [-0.2, 0) is 19.4 Å². The van der Waals surface area contributed by atoms with Crippen molar-refractivity contribution in [3.05, 3.63) is 52.1 Å². The van der Waals surface area contributed by atoms with Gasteiger partial charge in [-0.1, -0.05) is 23.7 Å². The number of nitrogens with zero attached hydrogens (tertiary/aromatic N) is 2. The van der Waals surface area contributed by atoms with Gasteiger partial charge in [0.15, 0.2) is 0 Å². The molecule has 1 heterocycles. The van der Waals surface area contributed by atoms with E-state index in [0.717, 1.165) is 24.9 Å². The number of rotatable bonds is 3. The third-order valence-electron chi connectivity index (χ3n) is 3.81. The quantitative estimate of drug-likeness (QED) is 0.673. The Morgan fingerprint density at radius 3 is 2.90 bits per heavy atom. The predicted octanol–water partition coefficient (Wildman–Crippen LogP) is 2.75. The van der Waals surface area contributed by atoms with E-state index in [2.05, 4.69) is 9.55 Å². The number of aryl methyl sites for hydroxylation is 1. The maximum absolute atomic E-state index is 7.43. The first-order valence-electron chi connectivity index (χ1n) is 6.81. The molecule has 1 aliphatic carbocycles. The summed E-state index contributed by atoms with van der Waals surface area (Å²) in [5, 5.41) is 8.08. The van der Waals surface area contributed by atoms with E-state index in [-0.39, 0.29) is 5.84 Å². The van der Waals surface area contributed by atoms with Crippen LogP contribution in [0.1, 0.15) is 35.4 Å². The van der Waals surface area contributed by atoms with Gasteiger partial charge in [-0.05, 0) is 37.3 Å². The van der Waals surface area contributed by atoms with Crippen molar-refractivity contribution in [3.8, 4) is 0 Å². The molecule has 3 rings (SSSR count). The molecule has 1 aliphatic rings. The Hall–Kier alpha value is -1.81. The average molecular weight is 289 g/mol. The van der Waals surface area contributed by atoms with Gasteiger partial charge in [-0.2, -0.15) is 0 Å². The lowest BCUT2D eigenvalue weighted by molar-refractivity contribution is 0.628. The first kappa shape index (κ1) is 13.2. The lowest BCUT2D eigenvalue weighted by Gasteiger charge is -2.15. The van der Waals surface area contributed by atoms with E-state index in [0.29, 0.717) is 10.6 Å². The largest absolute Gasteiger partial charge is 0.384 e. The fourth-order valence-electron chi connectivity index (χ4n) is 2.69. The molecule has 0 unspecified atom stereocenters. The van der Waals surface area contributed by atoms with Crippen molar-refractivity contribution in [1.82, 2.24) is 9.55 Å². The number of nitrogen functional groups attached to an aromatic ring is 1. The Balaban J connectivity index is 1.88. The molecule has 0 aliphatic heterocycles. The van der Waals surface area contributed by atoms with Crippen LogP contribution >= 0.6 is 11.6 Å². The molecule has 0 spiro atoms. The highest BCUT2D eigenvalue weighted by atomic mass is 35.5. The molecule has 0 radical (unpaired) electrons. The first-order valence-corrected chi connectivity index (χ1v) is 7.18. The molecule has 4 nitrogen and oxygen atoms in total. The van der Waals surface area contributed by atoms with Gasteiger partial charge in [0, 0.05) is 16.3 Å². The van der Waals surface area contributed by atoms with Crippen molar-refractivity contribution in [2.45, 2.75) is 32.2 Å². The molecular weight excluding hydrogens is 272 g/mol. The van der Waals surface area contributed by atoms with Gasteiger partial charge in [0.25, 0.3) is 0 Å². The van der Waals surface area contributed by atoms with Crippen molar-refractivity contribution < 1.29 is 0 Å². The van der Waals surface area contributed by atoms with Crippen LogP contribution in [0.5, 0.6) is 0 Å². The third kappa shape index (κ3) is 2.43. The Morgan fingerprint density at radius 1 is 1.35 bits per heavy atom. The fraction of sp³-hybridized carbons (Fsp3) is 0.333. The maximum Gasteiger partial charge on any atom is 0.122 e. The number of benzene rings is 1. The van der Waals surface area contributed by atoms with Crippen molar-refractivity contribution >= 4 is 17.4 Å². The lowest BCUT2D eigenvalue weighted by Crippen LogP contribution is -2.12. The summed E-state index contributed by atoms with van der Waals surface area (Å²) < 4.78 is 2.18. The molecule has 5 heteroatoms. The summed E-state index contributed by atoms with van der Waals surface area (Å²) in [6.45, 7) is 0.722. The van der Waals surface area contributed by atoms with Gasteiger partial charge in [-0.3, -0.25) is 5.41 Å². The molecule has 1 aromatic heterocycles. The summed E-state index contributed by atoms with van der Waals surface area (Å²) in [6.07, 6.45) is 6.55. The van der Waals surface area contributed by atoms with E-state index in [1.165, 1.54) is 24.2 Å². The SMILES string of the molecule is N=C(N)c1ccc(Cn2cnc3c2CCCC3)c(Cl)c1. The second-order valence-corrected chi connectivity index (χ2v) is 5.60. The van der Waals surface area contributed by atoms with Gasteiger partial charge in [-0.25, -0.2) is 4.98 Å². The average Bonchev–Trinajstić information content (AvgIpc) is 2.84. The van der Waals surface area contributed by atoms with Crippen LogP contribution in [0.25, 0.3) is 0 Å². The highest BCUT2D eigenvalue weighted by molar-refractivity contribution is 6.31. The molecule has 0 saturated heterocycles. The molecule has 0 fully saturated rings. The highest BCUT2D eigenvalue weighted by Gasteiger charge is 2.15. The predicted molar refractivity (Wildman–Crippen MR) is 80.4 cm³/mol. The van der Waals surface area contributed by atoms with Gasteiger partial charge in [0.05, 0.1) is 18.6 Å². The number of nitrogens with two attached hydrogens (primary N) is 1. The zero-order valence-electron chi connectivity index (χ0n) is 11.2. The normalized spacial score (nSPS) is 14.1. The van der Waals surface area contributed by atoms with E-state index >= 15 is 0 Å². The molecule has 3 N–H and O–H groups in total. The number of aromatic nitrogens is 2. The summed E-state index contributed by atoms with van der Waals surface area (Å²) in [5.74, 6) is 0.0402. The molecule has 104 valence electrons. The minimum Gasteiger partial charge on any atom is -0.384 e. The van der Waals surface area contributed by atoms with Gasteiger partial charge in [0.2, 0.25) is 0 Å². The minimum atomic E-state index is 0.0402. The molecule has 1 aromatic carbocycles. The van der Waals surface area contributed by atoms with Crippen LogP contribution in [0.2, 0.25) is 5.02 Å². The fourth-order valence-corrected chi connectivity index (χ4v) is 2.93. The number of imidazole rings is 1. The standard InChI is InChI=1S/C15H17ClN4/c16-12-7-10(15(17)18)5-6-11(12)8-20-9-19-13-3-1-2-4-14(13)20/h5-7,9H,1-4,8H2,(H3,17,18). The van der Waals surface area contributed by atoms with Crippen LogP contribution in [0, 0.1) is 5.41 Å². The molecule has 0 amide bonds. The first-order chi connectivity index (χ1) is 9.65. The zero-order valence-corrected chi connectivity index (χ0v) is 12.0. The summed E-state index contributed by atoms with van der Waals surface area (Å²) in [4.78, 5) is 4.49. The van der Waals surface area contributed by atoms with Crippen molar-refractivity contribution in [3.63, 3.8) is 0 Å². The Morgan fingerprint density at radius 2 is 2.15 bits per heavy atom. The Bertz CT molecular complexity index is 660. The van der Waals surface area contributed by atoms with Gasteiger partial charge < -0.3 is 10.3 Å². The van der Waals surface area contributed by atoms with E-state index in [9.17, 15) is 0 Å². The highest BCUT2D eigenvalue weighted by Crippen LogP contribution is 2.23. The molecule has 0 atom stereocenters. The molecule has 0 bridgehead atoms. The van der Waals surface area contributed by atoms with Crippen molar-refractivity contribution in [2.24, 2.45) is 5.73 Å². The van der Waals surface area contributed by atoms with Crippen LogP contribution in [0.4, 0.5) is 0 Å². The second kappa shape index (κ2) is 5.29. The van der Waals surface area contributed by atoms with Crippen molar-refractivity contribution in [1.29, 1.82) is 5.41 Å². The maximum atomic E-state index is 7.43. The van der Waals surface area contributed by atoms with Gasteiger partial charge in [-0.15, -0.1) is 0 Å². The number of hydrogen-bond acceptors (Lipinski definition) is 2. The molecular formula is C15H17ClN4. The number of hydrogen-bond donors (Lipinski definition) is 2. The number of halogens is 1. The summed E-state index contributed by atoms with van der Waals surface area (Å²) in [5.41, 5.74) is 9.72. The van der Waals surface area contributed by atoms with Gasteiger partial charge >= 0.3 is 0 Å². The molecule has 20 heavy (non-hydrogen) atoms. The van der Waals surface area contributed by atoms with E-state index in [1.807, 2.05) is 18.5 Å². The van der Waals surface area contributed by atoms with E-state index in [1.54, 1.807) is 6.07 Å². The minimum absolute atomic E-state index is 0.0402. The smallest absolute Gasteiger partial charge is 0.122 e. The monoisotopic (exact) mass is 288 g/mol. The van der Waals surface area contributed by atoms with Gasteiger partial charge in [0.1, 0.15) is 5.84 Å². The third-order valence-corrected chi connectivity index (χ3v) is 4.17. The van der Waals surface area contributed by atoms with Crippen LogP contribution in [-0.4, -0.2) is 15.4 Å². The second-order valence-electron chi connectivity index (χ2n) is 5.19. The number of nitrogens with one attached hydrogen (secondary N) is 1. The van der Waals surface area contributed by atoms with Crippen molar-refractivity contribution in [2.75, 3.05) is 0 Å². The molecule has 2 aromatic rings. The number of amidine groups is 1.